The normalized spacial score (nSPS) is 12.7. The first-order chi connectivity index (χ1) is 18.4. The summed E-state index contributed by atoms with van der Waals surface area (Å²) in [7, 11) is 0. The Bertz CT molecular complexity index is 1470. The second-order valence-corrected chi connectivity index (χ2v) is 9.81. The quantitative estimate of drug-likeness (QED) is 0.209. The summed E-state index contributed by atoms with van der Waals surface area (Å²) in [6.45, 7) is 4.10. The zero-order chi connectivity index (χ0) is 26.6. The molecule has 1 aliphatic rings. The third kappa shape index (κ3) is 5.43. The Balaban J connectivity index is 1.60. The van der Waals surface area contributed by atoms with Crippen LogP contribution in [0.3, 0.4) is 0 Å². The number of rotatable bonds is 7. The molecule has 3 aromatic carbocycles. The fourth-order valence-corrected chi connectivity index (χ4v) is 4.63. The van der Waals surface area contributed by atoms with Gasteiger partial charge in [0, 0.05) is 11.1 Å². The number of ether oxygens (including phenoxy) is 1. The van der Waals surface area contributed by atoms with Gasteiger partial charge >= 0.3 is 0 Å². The Labute approximate surface area is 222 Å². The van der Waals surface area contributed by atoms with Gasteiger partial charge in [-0.15, -0.1) is 0 Å². The highest BCUT2D eigenvalue weighted by Crippen LogP contribution is 2.37. The Morgan fingerprint density at radius 2 is 1.61 bits per heavy atom. The predicted molar refractivity (Wildman–Crippen MR) is 149 cm³/mol. The van der Waals surface area contributed by atoms with E-state index in [4.69, 9.17) is 15.6 Å². The van der Waals surface area contributed by atoms with E-state index >= 15 is 0 Å². The molecule has 192 valence electrons. The number of benzene rings is 3. The van der Waals surface area contributed by atoms with Crippen LogP contribution in [-0.2, 0) is 16.0 Å². The van der Waals surface area contributed by atoms with Crippen molar-refractivity contribution in [1.29, 1.82) is 0 Å². The lowest BCUT2D eigenvalue weighted by Crippen LogP contribution is -2.46. The molecule has 1 aliphatic heterocycles. The van der Waals surface area contributed by atoms with E-state index in [9.17, 15) is 9.59 Å². The molecule has 0 bridgehead atoms. The van der Waals surface area contributed by atoms with E-state index < -0.39 is 5.91 Å². The van der Waals surface area contributed by atoms with Crippen molar-refractivity contribution in [2.24, 2.45) is 11.8 Å². The van der Waals surface area contributed by atoms with Crippen LogP contribution < -0.4 is 20.9 Å². The fourth-order valence-electron chi connectivity index (χ4n) is 4.63. The van der Waals surface area contributed by atoms with Crippen molar-refractivity contribution >= 4 is 17.5 Å². The molecule has 4 aromatic rings. The highest BCUT2D eigenvalue weighted by Gasteiger charge is 2.28. The number of anilines is 1. The molecular formula is C31H30N4O3. The lowest BCUT2D eigenvalue weighted by atomic mass is 9.98. The number of hydrogen-bond acceptors (Lipinski definition) is 5. The fraction of sp³-hybridized carbons (Fsp3) is 0.194. The maximum Gasteiger partial charge on any atom is 0.265 e. The number of carbonyl (C=O) groups excluding carboxylic acids is 2. The van der Waals surface area contributed by atoms with Gasteiger partial charge in [0.15, 0.2) is 6.61 Å². The predicted octanol–water partition coefficient (Wildman–Crippen LogP) is 5.00. The zero-order valence-electron chi connectivity index (χ0n) is 21.5. The molecule has 0 atom stereocenters. The highest BCUT2D eigenvalue weighted by atomic mass is 16.5. The van der Waals surface area contributed by atoms with Gasteiger partial charge in [-0.05, 0) is 59.4 Å². The molecule has 7 heteroatoms. The Morgan fingerprint density at radius 1 is 0.921 bits per heavy atom. The van der Waals surface area contributed by atoms with Crippen LogP contribution in [0.4, 0.5) is 5.69 Å². The number of aromatic nitrogens is 1. The summed E-state index contributed by atoms with van der Waals surface area (Å²) in [4.78, 5) is 31.0. The average Bonchev–Trinajstić information content (AvgIpc) is 2.94. The summed E-state index contributed by atoms with van der Waals surface area (Å²) < 4.78 is 5.62. The molecule has 0 aliphatic carbocycles. The minimum absolute atomic E-state index is 0.136. The molecule has 5 rings (SSSR count). The van der Waals surface area contributed by atoms with Gasteiger partial charge in [-0.2, -0.15) is 0 Å². The summed E-state index contributed by atoms with van der Waals surface area (Å²) in [6.07, 6.45) is 1.03. The Morgan fingerprint density at radius 3 is 2.29 bits per heavy atom. The Kier molecular flexibility index (Phi) is 7.20. The second-order valence-electron chi connectivity index (χ2n) is 9.81. The van der Waals surface area contributed by atoms with Crippen LogP contribution in [0.5, 0.6) is 5.75 Å². The minimum Gasteiger partial charge on any atom is -0.482 e. The maximum absolute atomic E-state index is 12.6. The summed E-state index contributed by atoms with van der Waals surface area (Å²) in [6, 6.07) is 28.4. The Hall–Kier alpha value is -4.49. The van der Waals surface area contributed by atoms with Crippen molar-refractivity contribution < 1.29 is 14.3 Å². The molecule has 2 heterocycles. The number of hydrazine groups is 1. The number of nitrogens with zero attached hydrogens (tertiary/aromatic N) is 2. The van der Waals surface area contributed by atoms with Crippen LogP contribution in [-0.4, -0.2) is 29.9 Å². The first-order valence-corrected chi connectivity index (χ1v) is 12.6. The van der Waals surface area contributed by atoms with Crippen molar-refractivity contribution in [1.82, 2.24) is 10.4 Å². The molecule has 0 spiro atoms. The lowest BCUT2D eigenvalue weighted by molar-refractivity contribution is -0.125. The van der Waals surface area contributed by atoms with E-state index in [1.165, 1.54) is 10.5 Å². The monoisotopic (exact) mass is 506 g/mol. The third-order valence-corrected chi connectivity index (χ3v) is 6.49. The van der Waals surface area contributed by atoms with Crippen molar-refractivity contribution in [2.45, 2.75) is 20.3 Å². The third-order valence-electron chi connectivity index (χ3n) is 6.49. The summed E-state index contributed by atoms with van der Waals surface area (Å²) in [5.41, 5.74) is 9.42. The van der Waals surface area contributed by atoms with Crippen LogP contribution in [0.15, 0.2) is 84.9 Å². The molecule has 0 saturated heterocycles. The standard InChI is InChI=1S/C31H30N4O3/c1-20(2)14-21-8-10-23(11-9-21)26-15-25(22-6-4-3-5-7-22)16-27(33-26)24-12-13-29-28(17-24)35(18-30(36)34-32)31(37)19-38-29/h3-13,15-17,20H,14,18-19,32H2,1-2H3,(H,34,36). The smallest absolute Gasteiger partial charge is 0.265 e. The number of fused-ring (bicyclic) bond motifs is 1. The molecule has 0 radical (unpaired) electrons. The van der Waals surface area contributed by atoms with Gasteiger partial charge in [-0.25, -0.2) is 10.8 Å². The SMILES string of the molecule is CC(C)Cc1ccc(-c2cc(-c3ccccc3)cc(-c3ccc4c(c3)N(CC(=O)NN)C(=O)CO4)n2)cc1. The minimum atomic E-state index is -0.469. The largest absolute Gasteiger partial charge is 0.482 e. The molecule has 38 heavy (non-hydrogen) atoms. The number of nitrogens with one attached hydrogen (secondary N) is 1. The number of hydrogen-bond donors (Lipinski definition) is 2. The molecule has 2 amide bonds. The highest BCUT2D eigenvalue weighted by molar-refractivity contribution is 6.02. The molecule has 7 nitrogen and oxygen atoms in total. The summed E-state index contributed by atoms with van der Waals surface area (Å²) >= 11 is 0. The van der Waals surface area contributed by atoms with Gasteiger partial charge in [0.2, 0.25) is 0 Å². The average molecular weight is 507 g/mol. The summed E-state index contributed by atoms with van der Waals surface area (Å²) in [5, 5.41) is 0. The number of nitrogens with two attached hydrogens (primary N) is 1. The van der Waals surface area contributed by atoms with Gasteiger partial charge in [0.05, 0.1) is 17.1 Å². The second kappa shape index (κ2) is 10.9. The number of carbonyl (C=O) groups is 2. The molecular weight excluding hydrogens is 476 g/mol. The number of amides is 2. The van der Waals surface area contributed by atoms with Crippen LogP contribution in [0.25, 0.3) is 33.6 Å². The van der Waals surface area contributed by atoms with Gasteiger partial charge in [-0.3, -0.25) is 19.9 Å². The number of pyridine rings is 1. The van der Waals surface area contributed by atoms with Crippen LogP contribution in [0.1, 0.15) is 19.4 Å². The summed E-state index contributed by atoms with van der Waals surface area (Å²) in [5.74, 6) is 5.60. The van der Waals surface area contributed by atoms with E-state index in [0.717, 1.165) is 40.1 Å². The van der Waals surface area contributed by atoms with Gasteiger partial charge in [0.1, 0.15) is 12.3 Å². The van der Waals surface area contributed by atoms with Gasteiger partial charge in [-0.1, -0.05) is 68.4 Å². The van der Waals surface area contributed by atoms with Gasteiger partial charge in [0.25, 0.3) is 11.8 Å². The molecule has 1 aromatic heterocycles. The van der Waals surface area contributed by atoms with E-state index in [2.05, 4.69) is 61.7 Å². The van der Waals surface area contributed by atoms with Crippen LogP contribution in [0.2, 0.25) is 0 Å². The lowest BCUT2D eigenvalue weighted by Gasteiger charge is -2.29. The topological polar surface area (TPSA) is 97.6 Å². The van der Waals surface area contributed by atoms with Crippen molar-refractivity contribution in [3.05, 3.63) is 90.5 Å². The van der Waals surface area contributed by atoms with E-state index in [-0.39, 0.29) is 19.1 Å². The van der Waals surface area contributed by atoms with Gasteiger partial charge < -0.3 is 4.74 Å². The van der Waals surface area contributed by atoms with Crippen molar-refractivity contribution in [2.75, 3.05) is 18.1 Å². The van der Waals surface area contributed by atoms with Crippen LogP contribution in [0, 0.1) is 5.92 Å². The first-order valence-electron chi connectivity index (χ1n) is 12.6. The molecule has 0 saturated carbocycles. The molecule has 0 unspecified atom stereocenters. The zero-order valence-corrected chi connectivity index (χ0v) is 21.5. The van der Waals surface area contributed by atoms with Crippen molar-refractivity contribution in [3.8, 4) is 39.4 Å². The molecule has 3 N–H and O–H groups in total. The molecule has 0 fully saturated rings. The maximum atomic E-state index is 12.6. The van der Waals surface area contributed by atoms with E-state index in [1.54, 1.807) is 0 Å². The van der Waals surface area contributed by atoms with E-state index in [0.29, 0.717) is 17.4 Å². The first kappa shape index (κ1) is 25.2. The van der Waals surface area contributed by atoms with Crippen molar-refractivity contribution in [3.63, 3.8) is 0 Å². The van der Waals surface area contributed by atoms with Crippen LogP contribution >= 0.6 is 0 Å². The van der Waals surface area contributed by atoms with E-state index in [1.807, 2.05) is 42.5 Å².